The molecular formula is C24H24N2S4. The third kappa shape index (κ3) is 7.13. The van der Waals surface area contributed by atoms with Crippen LogP contribution in [-0.4, -0.2) is 32.5 Å². The summed E-state index contributed by atoms with van der Waals surface area (Å²) in [6.07, 6.45) is 0. The average Bonchev–Trinajstić information content (AvgIpc) is 2.76. The van der Waals surface area contributed by atoms with Crippen LogP contribution in [0.5, 0.6) is 0 Å². The Morgan fingerprint density at radius 2 is 0.933 bits per heavy atom. The lowest BCUT2D eigenvalue weighted by atomic mass is 10.2. The minimum atomic E-state index is 0.808. The Bertz CT molecular complexity index is 879. The van der Waals surface area contributed by atoms with Gasteiger partial charge in [-0.15, -0.1) is 0 Å². The summed E-state index contributed by atoms with van der Waals surface area (Å²) in [4.78, 5) is 6.47. The Labute approximate surface area is 198 Å². The van der Waals surface area contributed by atoms with Crippen LogP contribution in [0.25, 0.3) is 0 Å². The number of rotatable bonds is 6. The first-order valence-corrected chi connectivity index (χ1v) is 12.0. The fourth-order valence-electron chi connectivity index (χ4n) is 2.78. The topological polar surface area (TPSA) is 6.48 Å². The zero-order valence-electron chi connectivity index (χ0n) is 17.0. The van der Waals surface area contributed by atoms with E-state index in [2.05, 4.69) is 82.6 Å². The smallest absolute Gasteiger partial charge is 0.141 e. The molecule has 0 aliphatic carbocycles. The van der Waals surface area contributed by atoms with Crippen LogP contribution in [0.3, 0.4) is 0 Å². The summed E-state index contributed by atoms with van der Waals surface area (Å²) < 4.78 is 1.72. The van der Waals surface area contributed by atoms with Gasteiger partial charge in [0.2, 0.25) is 0 Å². The maximum atomic E-state index is 5.61. The monoisotopic (exact) mass is 468 g/mol. The van der Waals surface area contributed by atoms with Crippen LogP contribution in [0.15, 0.2) is 94.7 Å². The van der Waals surface area contributed by atoms with Crippen molar-refractivity contribution in [2.24, 2.45) is 0 Å². The van der Waals surface area contributed by atoms with Crippen molar-refractivity contribution >= 4 is 56.6 Å². The summed E-state index contributed by atoms with van der Waals surface area (Å²) >= 11 is 14.4. The average molecular weight is 469 g/mol. The summed E-state index contributed by atoms with van der Waals surface area (Å²) in [5, 5.41) is 0. The second kappa shape index (κ2) is 11.5. The number of nitrogens with zero attached hydrogens (tertiary/aromatic N) is 2. The van der Waals surface area contributed by atoms with Gasteiger partial charge >= 0.3 is 0 Å². The second-order valence-electron chi connectivity index (χ2n) is 6.89. The summed E-state index contributed by atoms with van der Waals surface area (Å²) in [6.45, 7) is 1.62. The molecule has 0 heterocycles. The molecule has 6 heteroatoms. The molecule has 30 heavy (non-hydrogen) atoms. The van der Waals surface area contributed by atoms with Gasteiger partial charge < -0.3 is 9.80 Å². The predicted octanol–water partition coefficient (Wildman–Crippen LogP) is 6.70. The molecule has 3 aromatic carbocycles. The van der Waals surface area contributed by atoms with Gasteiger partial charge in [0.25, 0.3) is 0 Å². The van der Waals surface area contributed by atoms with E-state index in [0.717, 1.165) is 31.5 Å². The first-order chi connectivity index (χ1) is 14.5. The van der Waals surface area contributed by atoms with Crippen molar-refractivity contribution in [1.29, 1.82) is 0 Å². The molecule has 3 rings (SSSR count). The molecule has 0 aliphatic rings. The molecule has 154 valence electrons. The summed E-state index contributed by atoms with van der Waals surface area (Å²) in [5.41, 5.74) is 2.51. The third-order valence-corrected chi connectivity index (χ3v) is 7.49. The number of thiocarbonyl (C=S) groups is 2. The standard InChI is InChI=1S/C24H24N2S4/c1-25(17-19-9-5-3-6-10-19)23(27)29-21-13-15-22(16-14-21)30-24(28)26(2)18-20-11-7-4-8-12-20/h3-16H,17-18H2,1-2H3. The molecule has 0 saturated carbocycles. The van der Waals surface area contributed by atoms with Crippen molar-refractivity contribution < 1.29 is 0 Å². The highest BCUT2D eigenvalue weighted by atomic mass is 32.2. The highest BCUT2D eigenvalue weighted by molar-refractivity contribution is 8.23. The van der Waals surface area contributed by atoms with E-state index in [1.54, 1.807) is 23.5 Å². The van der Waals surface area contributed by atoms with Gasteiger partial charge in [-0.3, -0.25) is 0 Å². The van der Waals surface area contributed by atoms with E-state index in [4.69, 9.17) is 24.4 Å². The molecule has 0 saturated heterocycles. The van der Waals surface area contributed by atoms with E-state index in [1.165, 1.54) is 11.1 Å². The molecule has 0 unspecified atom stereocenters. The molecule has 0 bridgehead atoms. The van der Waals surface area contributed by atoms with Crippen LogP contribution in [0, 0.1) is 0 Å². The lowest BCUT2D eigenvalue weighted by molar-refractivity contribution is 0.519. The van der Waals surface area contributed by atoms with Crippen LogP contribution in [0.1, 0.15) is 11.1 Å². The Hall–Kier alpha value is -1.86. The molecule has 0 aliphatic heterocycles. The zero-order chi connectivity index (χ0) is 21.3. The Balaban J connectivity index is 1.50. The second-order valence-corrected chi connectivity index (χ2v) is 10.3. The molecule has 3 aromatic rings. The van der Waals surface area contributed by atoms with Crippen molar-refractivity contribution in [1.82, 2.24) is 9.80 Å². The van der Waals surface area contributed by atoms with Crippen molar-refractivity contribution in [2.75, 3.05) is 14.1 Å². The molecule has 0 atom stereocenters. The molecule has 0 N–H and O–H groups in total. The Kier molecular flexibility index (Phi) is 8.75. The predicted molar refractivity (Wildman–Crippen MR) is 139 cm³/mol. The minimum Gasteiger partial charge on any atom is -0.356 e. The summed E-state index contributed by atoms with van der Waals surface area (Å²) in [5.74, 6) is 0. The number of hydrogen-bond donors (Lipinski definition) is 0. The fraction of sp³-hybridized carbons (Fsp3) is 0.167. The van der Waals surface area contributed by atoms with E-state index in [0.29, 0.717) is 0 Å². The van der Waals surface area contributed by atoms with Crippen molar-refractivity contribution in [3.8, 4) is 0 Å². The summed E-state index contributed by atoms with van der Waals surface area (Å²) in [6, 6.07) is 29.2. The highest BCUT2D eigenvalue weighted by Crippen LogP contribution is 2.27. The van der Waals surface area contributed by atoms with Crippen molar-refractivity contribution in [2.45, 2.75) is 22.9 Å². The van der Waals surface area contributed by atoms with Crippen molar-refractivity contribution in [3.63, 3.8) is 0 Å². The van der Waals surface area contributed by atoms with E-state index < -0.39 is 0 Å². The lowest BCUT2D eigenvalue weighted by Gasteiger charge is -2.20. The highest BCUT2D eigenvalue weighted by Gasteiger charge is 2.10. The molecule has 0 aromatic heterocycles. The van der Waals surface area contributed by atoms with E-state index >= 15 is 0 Å². The quantitative estimate of drug-likeness (QED) is 0.291. The molecule has 0 amide bonds. The zero-order valence-corrected chi connectivity index (χ0v) is 20.3. The molecule has 2 nitrogen and oxygen atoms in total. The van der Waals surface area contributed by atoms with E-state index in [9.17, 15) is 0 Å². The minimum absolute atomic E-state index is 0.808. The van der Waals surface area contributed by atoms with Gasteiger partial charge in [-0.1, -0.05) is 109 Å². The molecule has 0 spiro atoms. The van der Waals surface area contributed by atoms with Crippen LogP contribution < -0.4 is 0 Å². The number of benzene rings is 3. The third-order valence-electron chi connectivity index (χ3n) is 4.38. The largest absolute Gasteiger partial charge is 0.356 e. The van der Waals surface area contributed by atoms with Gasteiger partial charge in [0.05, 0.1) is 0 Å². The maximum absolute atomic E-state index is 5.61. The van der Waals surface area contributed by atoms with Crippen LogP contribution in [0.4, 0.5) is 0 Å². The lowest BCUT2D eigenvalue weighted by Crippen LogP contribution is -2.21. The molecule has 0 radical (unpaired) electrons. The van der Waals surface area contributed by atoms with Gasteiger partial charge in [0.1, 0.15) is 8.64 Å². The van der Waals surface area contributed by atoms with Crippen LogP contribution in [-0.2, 0) is 13.1 Å². The first kappa shape index (κ1) is 22.8. The number of hydrogen-bond acceptors (Lipinski definition) is 4. The van der Waals surface area contributed by atoms with Crippen molar-refractivity contribution in [3.05, 3.63) is 96.1 Å². The van der Waals surface area contributed by atoms with Gasteiger partial charge in [-0.25, -0.2) is 0 Å². The summed E-state index contributed by atoms with van der Waals surface area (Å²) in [7, 11) is 4.07. The molecule has 0 fully saturated rings. The number of thioether (sulfide) groups is 2. The van der Waals surface area contributed by atoms with Crippen LogP contribution >= 0.6 is 48.0 Å². The van der Waals surface area contributed by atoms with Gasteiger partial charge in [-0.2, -0.15) is 0 Å². The normalized spacial score (nSPS) is 10.5. The van der Waals surface area contributed by atoms with E-state index in [1.807, 2.05) is 26.2 Å². The molecular weight excluding hydrogens is 445 g/mol. The fourth-order valence-corrected chi connectivity index (χ4v) is 4.87. The van der Waals surface area contributed by atoms with Gasteiger partial charge in [-0.05, 0) is 35.4 Å². The van der Waals surface area contributed by atoms with Crippen LogP contribution in [0.2, 0.25) is 0 Å². The van der Waals surface area contributed by atoms with Gasteiger partial charge in [0, 0.05) is 37.0 Å². The first-order valence-electron chi connectivity index (χ1n) is 9.55. The van der Waals surface area contributed by atoms with E-state index in [-0.39, 0.29) is 0 Å². The Morgan fingerprint density at radius 3 is 1.27 bits per heavy atom. The maximum Gasteiger partial charge on any atom is 0.141 e. The Morgan fingerprint density at radius 1 is 0.600 bits per heavy atom. The van der Waals surface area contributed by atoms with Gasteiger partial charge in [0.15, 0.2) is 0 Å². The SMILES string of the molecule is CN(Cc1ccccc1)C(=S)Sc1ccc(SC(=S)N(C)Cc2ccccc2)cc1.